The molecule has 39 heavy (non-hydrogen) atoms. The highest BCUT2D eigenvalue weighted by atomic mass is 19.4. The third kappa shape index (κ3) is 5.57. The molecule has 1 amide bonds. The van der Waals surface area contributed by atoms with E-state index in [4.69, 9.17) is 4.74 Å². The molecule has 0 saturated heterocycles. The summed E-state index contributed by atoms with van der Waals surface area (Å²) in [5, 5.41) is 2.72. The Morgan fingerprint density at radius 2 is 1.62 bits per heavy atom. The Labute approximate surface area is 223 Å². The van der Waals surface area contributed by atoms with Crippen molar-refractivity contribution < 1.29 is 31.9 Å². The number of nitrogens with zero attached hydrogens (tertiary/aromatic N) is 1. The Balaban J connectivity index is 1.85. The van der Waals surface area contributed by atoms with E-state index in [1.54, 1.807) is 28.8 Å². The van der Waals surface area contributed by atoms with Crippen LogP contribution in [0, 0.1) is 5.82 Å². The van der Waals surface area contributed by atoms with E-state index >= 15 is 0 Å². The highest BCUT2D eigenvalue weighted by Crippen LogP contribution is 2.41. The number of rotatable bonds is 8. The number of aromatic nitrogens is 1. The van der Waals surface area contributed by atoms with Gasteiger partial charge in [-0.2, -0.15) is 13.2 Å². The molecule has 0 bridgehead atoms. The molecule has 1 N–H and O–H groups in total. The number of halogens is 4. The van der Waals surface area contributed by atoms with Gasteiger partial charge >= 0.3 is 6.18 Å². The summed E-state index contributed by atoms with van der Waals surface area (Å²) < 4.78 is 60.7. The van der Waals surface area contributed by atoms with E-state index < -0.39 is 23.5 Å². The van der Waals surface area contributed by atoms with Gasteiger partial charge in [-0.15, -0.1) is 0 Å². The quantitative estimate of drug-likeness (QED) is 0.189. The van der Waals surface area contributed by atoms with E-state index in [1.165, 1.54) is 36.4 Å². The summed E-state index contributed by atoms with van der Waals surface area (Å²) in [6, 6.07) is 17.8. The molecule has 4 rings (SSSR count). The maximum atomic E-state index is 13.8. The Morgan fingerprint density at radius 3 is 2.18 bits per heavy atom. The summed E-state index contributed by atoms with van der Waals surface area (Å²) in [6.45, 7) is 3.42. The van der Waals surface area contributed by atoms with E-state index in [-0.39, 0.29) is 35.3 Å². The van der Waals surface area contributed by atoms with E-state index in [1.807, 2.05) is 19.9 Å². The van der Waals surface area contributed by atoms with Crippen LogP contribution >= 0.6 is 0 Å². The number of hydrogen-bond acceptors (Lipinski definition) is 3. The number of nitrogens with one attached hydrogen (secondary N) is 1. The zero-order valence-corrected chi connectivity index (χ0v) is 21.5. The number of carbonyl (C=O) groups excluding carboxylic acids is 2. The average Bonchev–Trinajstić information content (AvgIpc) is 3.27. The highest BCUT2D eigenvalue weighted by molar-refractivity contribution is 6.08. The summed E-state index contributed by atoms with van der Waals surface area (Å²) in [7, 11) is 1.15. The highest BCUT2D eigenvalue weighted by Gasteiger charge is 2.35. The van der Waals surface area contributed by atoms with Gasteiger partial charge in [0.15, 0.2) is 6.29 Å². The molecule has 5 nitrogen and oxygen atoms in total. The Morgan fingerprint density at radius 1 is 0.974 bits per heavy atom. The minimum Gasteiger partial charge on any atom is -0.496 e. The summed E-state index contributed by atoms with van der Waals surface area (Å²) >= 11 is 0. The zero-order valence-electron chi connectivity index (χ0n) is 21.5. The zero-order chi connectivity index (χ0) is 28.3. The van der Waals surface area contributed by atoms with Crippen LogP contribution in [0.25, 0.3) is 22.3 Å². The topological polar surface area (TPSA) is 60.3 Å². The fourth-order valence-corrected chi connectivity index (χ4v) is 4.63. The summed E-state index contributed by atoms with van der Waals surface area (Å²) in [6.07, 6.45) is -3.98. The summed E-state index contributed by atoms with van der Waals surface area (Å²) in [5.74, 6) is -1.35. The van der Waals surface area contributed by atoms with Gasteiger partial charge in [0, 0.05) is 23.7 Å². The van der Waals surface area contributed by atoms with Crippen LogP contribution in [0.5, 0.6) is 5.75 Å². The van der Waals surface area contributed by atoms with E-state index in [0.29, 0.717) is 28.5 Å². The maximum absolute atomic E-state index is 13.8. The fraction of sp³-hybridized carbons (Fsp3) is 0.200. The van der Waals surface area contributed by atoms with Crippen molar-refractivity contribution in [3.8, 4) is 28.0 Å². The molecule has 202 valence electrons. The fourth-order valence-electron chi connectivity index (χ4n) is 4.63. The average molecular weight is 539 g/mol. The van der Waals surface area contributed by atoms with Crippen molar-refractivity contribution in [3.63, 3.8) is 0 Å². The van der Waals surface area contributed by atoms with E-state index in [9.17, 15) is 27.2 Å². The van der Waals surface area contributed by atoms with Gasteiger partial charge in [0.2, 0.25) is 0 Å². The SMILES string of the molecule is COc1ccc(CNC(=O)c2c(-c3ccccc3)c(-c3ccc(F)cc3)c(C=O)n2C(C)C)cc1C(F)(F)F. The number of alkyl halides is 3. The number of ether oxygens (including phenoxy) is 1. The molecular formula is C30H26F4N2O3. The molecule has 4 aromatic rings. The number of methoxy groups -OCH3 is 1. The van der Waals surface area contributed by atoms with Gasteiger partial charge in [-0.05, 0) is 54.8 Å². The monoisotopic (exact) mass is 538 g/mol. The van der Waals surface area contributed by atoms with Crippen LogP contribution in [0.15, 0.2) is 72.8 Å². The molecule has 0 atom stereocenters. The first-order chi connectivity index (χ1) is 18.6. The molecular weight excluding hydrogens is 512 g/mol. The van der Waals surface area contributed by atoms with Crippen LogP contribution in [0.4, 0.5) is 17.6 Å². The van der Waals surface area contributed by atoms with Gasteiger partial charge in [-0.3, -0.25) is 9.59 Å². The number of aldehydes is 1. The predicted molar refractivity (Wildman–Crippen MR) is 140 cm³/mol. The van der Waals surface area contributed by atoms with Crippen LogP contribution in [-0.2, 0) is 12.7 Å². The molecule has 0 aliphatic heterocycles. The molecule has 1 heterocycles. The van der Waals surface area contributed by atoms with Crippen LogP contribution in [0.2, 0.25) is 0 Å². The summed E-state index contributed by atoms with van der Waals surface area (Å²) in [4.78, 5) is 26.2. The lowest BCUT2D eigenvalue weighted by Crippen LogP contribution is -2.27. The molecule has 1 aromatic heterocycles. The Hall–Kier alpha value is -4.40. The predicted octanol–water partition coefficient (Wildman–Crippen LogP) is 7.31. The van der Waals surface area contributed by atoms with Crippen molar-refractivity contribution in [2.45, 2.75) is 32.6 Å². The third-order valence-electron chi connectivity index (χ3n) is 6.30. The molecule has 0 fully saturated rings. The van der Waals surface area contributed by atoms with Gasteiger partial charge in [-0.1, -0.05) is 48.5 Å². The minimum atomic E-state index is -4.64. The van der Waals surface area contributed by atoms with Crippen molar-refractivity contribution in [1.82, 2.24) is 9.88 Å². The van der Waals surface area contributed by atoms with Crippen LogP contribution < -0.4 is 10.1 Å². The molecule has 3 aromatic carbocycles. The minimum absolute atomic E-state index is 0.169. The van der Waals surface area contributed by atoms with E-state index in [0.717, 1.165) is 13.2 Å². The third-order valence-corrected chi connectivity index (χ3v) is 6.30. The largest absolute Gasteiger partial charge is 0.496 e. The van der Waals surface area contributed by atoms with Crippen LogP contribution in [-0.4, -0.2) is 23.9 Å². The number of carbonyl (C=O) groups is 2. The van der Waals surface area contributed by atoms with Crippen molar-refractivity contribution >= 4 is 12.2 Å². The van der Waals surface area contributed by atoms with Crippen molar-refractivity contribution in [2.75, 3.05) is 7.11 Å². The number of hydrogen-bond donors (Lipinski definition) is 1. The molecule has 0 aliphatic rings. The molecule has 0 spiro atoms. The molecule has 0 saturated carbocycles. The normalized spacial score (nSPS) is 11.5. The molecule has 0 radical (unpaired) electrons. The van der Waals surface area contributed by atoms with Crippen LogP contribution in [0.3, 0.4) is 0 Å². The Kier molecular flexibility index (Phi) is 7.90. The lowest BCUT2D eigenvalue weighted by Gasteiger charge is -2.17. The Bertz CT molecular complexity index is 1490. The lowest BCUT2D eigenvalue weighted by molar-refractivity contribution is -0.138. The van der Waals surface area contributed by atoms with Gasteiger partial charge in [-0.25, -0.2) is 4.39 Å². The standard InChI is InChI=1S/C30H26F4N2O3/c1-18(2)36-24(17-37)26(21-10-12-22(31)13-11-21)27(20-7-5-4-6-8-20)28(36)29(38)35-16-19-9-14-25(39-3)23(15-19)30(32,33)34/h4-15,17-18H,16H2,1-3H3,(H,35,38). The number of amides is 1. The first-order valence-electron chi connectivity index (χ1n) is 12.1. The molecule has 9 heteroatoms. The second kappa shape index (κ2) is 11.1. The lowest BCUT2D eigenvalue weighted by atomic mass is 9.94. The van der Waals surface area contributed by atoms with Crippen molar-refractivity contribution in [1.29, 1.82) is 0 Å². The van der Waals surface area contributed by atoms with Crippen molar-refractivity contribution in [3.05, 3.63) is 101 Å². The molecule has 0 aliphatic carbocycles. The first-order valence-corrected chi connectivity index (χ1v) is 12.1. The van der Waals surface area contributed by atoms with Gasteiger partial charge in [0.05, 0.1) is 18.4 Å². The molecule has 0 unspecified atom stereocenters. The maximum Gasteiger partial charge on any atom is 0.419 e. The van der Waals surface area contributed by atoms with E-state index in [2.05, 4.69) is 5.32 Å². The van der Waals surface area contributed by atoms with Gasteiger partial charge in [0.1, 0.15) is 17.3 Å². The smallest absolute Gasteiger partial charge is 0.419 e. The number of benzene rings is 3. The second-order valence-corrected chi connectivity index (χ2v) is 9.15. The first kappa shape index (κ1) is 27.6. The van der Waals surface area contributed by atoms with Crippen LogP contribution in [0.1, 0.15) is 52.0 Å². The second-order valence-electron chi connectivity index (χ2n) is 9.15. The van der Waals surface area contributed by atoms with Gasteiger partial charge in [0.25, 0.3) is 5.91 Å². The summed E-state index contributed by atoms with van der Waals surface area (Å²) in [5.41, 5.74) is 1.76. The van der Waals surface area contributed by atoms with Crippen molar-refractivity contribution in [2.24, 2.45) is 0 Å². The van der Waals surface area contributed by atoms with Gasteiger partial charge < -0.3 is 14.6 Å².